The van der Waals surface area contributed by atoms with Gasteiger partial charge in [-0.15, -0.1) is 0 Å². The molecular weight excluding hydrogens is 727 g/mol. The van der Waals surface area contributed by atoms with Crippen LogP contribution in [-0.4, -0.2) is 83.2 Å². The Hall–Kier alpha value is -3.69. The highest BCUT2D eigenvalue weighted by molar-refractivity contribution is 7.88. The highest BCUT2D eigenvalue weighted by Gasteiger charge is 2.32. The van der Waals surface area contributed by atoms with Crippen molar-refractivity contribution in [2.75, 3.05) is 39.0 Å². The number of benzene rings is 3. The topological polar surface area (TPSA) is 90.8 Å². The van der Waals surface area contributed by atoms with Gasteiger partial charge in [-0.25, -0.2) is 8.42 Å². The molecule has 278 valence electrons. The van der Waals surface area contributed by atoms with Crippen LogP contribution in [0.4, 0.5) is 0 Å². The second-order valence-corrected chi connectivity index (χ2v) is 17.2. The number of nitrogens with one attached hydrogen (secondary N) is 1. The van der Waals surface area contributed by atoms with Gasteiger partial charge in [-0.2, -0.15) is 9.40 Å². The van der Waals surface area contributed by atoms with Crippen LogP contribution in [-0.2, 0) is 47.4 Å². The van der Waals surface area contributed by atoms with Gasteiger partial charge in [0, 0.05) is 104 Å². The number of nitrogens with zero attached hydrogens (tertiary/aromatic N) is 5. The van der Waals surface area contributed by atoms with Gasteiger partial charge in [-0.1, -0.05) is 65.4 Å². The van der Waals surface area contributed by atoms with Crippen molar-refractivity contribution in [3.63, 3.8) is 0 Å². The molecule has 0 bridgehead atoms. The van der Waals surface area contributed by atoms with Gasteiger partial charge in [0.05, 0.1) is 17.0 Å². The van der Waals surface area contributed by atoms with Gasteiger partial charge in [-0.05, 0) is 79.8 Å². The highest BCUT2D eigenvalue weighted by atomic mass is 35.5. The SMILES string of the molecule is CS(=O)(=O)N1CCc2c(c(-c3ccc(Cl)c(C#Cc4ccc(CNCc5ccc(Cl)cc5)cc4)c3)nn2CCCN2CCC(N3CCCC3=O)CC2)C1. The van der Waals surface area contributed by atoms with E-state index in [4.69, 9.17) is 28.3 Å². The molecule has 9 nitrogen and oxygen atoms in total. The maximum atomic E-state index is 12.6. The Balaban J connectivity index is 1.02. The molecule has 1 amide bonds. The number of halogens is 2. The summed E-state index contributed by atoms with van der Waals surface area (Å²) in [5.74, 6) is 6.85. The molecule has 0 saturated carbocycles. The van der Waals surface area contributed by atoms with Crippen LogP contribution >= 0.6 is 23.2 Å². The van der Waals surface area contributed by atoms with Gasteiger partial charge >= 0.3 is 0 Å². The Bertz CT molecular complexity index is 2100. The Kier molecular flexibility index (Phi) is 11.9. The van der Waals surface area contributed by atoms with E-state index in [1.165, 1.54) is 16.1 Å². The summed E-state index contributed by atoms with van der Waals surface area (Å²) < 4.78 is 28.8. The number of aryl methyl sites for hydroxylation is 1. The number of carbonyl (C=O) groups excluding carboxylic acids is 1. The van der Waals surface area contributed by atoms with E-state index >= 15 is 0 Å². The molecule has 4 heterocycles. The number of rotatable bonds is 11. The van der Waals surface area contributed by atoms with Crippen molar-refractivity contribution in [2.24, 2.45) is 0 Å². The summed E-state index contributed by atoms with van der Waals surface area (Å²) in [6, 6.07) is 22.1. The maximum absolute atomic E-state index is 12.6. The predicted molar refractivity (Wildman–Crippen MR) is 211 cm³/mol. The number of likely N-dealkylation sites (tertiary alicyclic amines) is 2. The third kappa shape index (κ3) is 9.34. The monoisotopic (exact) mass is 772 g/mol. The van der Waals surface area contributed by atoms with E-state index in [1.54, 1.807) is 0 Å². The molecule has 0 unspecified atom stereocenters. The first-order chi connectivity index (χ1) is 25.6. The van der Waals surface area contributed by atoms with Crippen molar-refractivity contribution < 1.29 is 13.2 Å². The van der Waals surface area contributed by atoms with Crippen molar-refractivity contribution in [3.8, 4) is 23.1 Å². The third-order valence-corrected chi connectivity index (χ3v) is 12.5. The number of amides is 1. The van der Waals surface area contributed by atoms with E-state index in [2.05, 4.69) is 43.8 Å². The smallest absolute Gasteiger partial charge is 0.222 e. The van der Waals surface area contributed by atoms with Crippen molar-refractivity contribution in [1.82, 2.24) is 29.2 Å². The summed E-state index contributed by atoms with van der Waals surface area (Å²) in [6.45, 7) is 6.84. The minimum atomic E-state index is -3.37. The molecule has 0 atom stereocenters. The minimum absolute atomic E-state index is 0.288. The minimum Gasteiger partial charge on any atom is -0.340 e. The Morgan fingerprint density at radius 2 is 1.58 bits per heavy atom. The van der Waals surface area contributed by atoms with Crippen LogP contribution in [0.3, 0.4) is 0 Å². The van der Waals surface area contributed by atoms with Gasteiger partial charge in [0.15, 0.2) is 0 Å². The molecule has 0 aliphatic carbocycles. The second kappa shape index (κ2) is 16.8. The molecule has 3 aliphatic heterocycles. The quantitative estimate of drug-likeness (QED) is 0.179. The molecule has 1 aromatic heterocycles. The lowest BCUT2D eigenvalue weighted by atomic mass is 10.0. The first kappa shape index (κ1) is 37.6. The fourth-order valence-electron chi connectivity index (χ4n) is 7.69. The van der Waals surface area contributed by atoms with Gasteiger partial charge in [0.2, 0.25) is 15.9 Å². The highest BCUT2D eigenvalue weighted by Crippen LogP contribution is 2.33. The molecule has 0 spiro atoms. The van der Waals surface area contributed by atoms with Crippen LogP contribution < -0.4 is 5.32 Å². The molecule has 2 saturated heterocycles. The maximum Gasteiger partial charge on any atom is 0.222 e. The van der Waals surface area contributed by atoms with Crippen molar-refractivity contribution in [1.29, 1.82) is 0 Å². The van der Waals surface area contributed by atoms with Crippen molar-refractivity contribution in [2.45, 2.75) is 70.7 Å². The van der Waals surface area contributed by atoms with Crippen LogP contribution in [0, 0.1) is 11.8 Å². The van der Waals surface area contributed by atoms with E-state index in [1.807, 2.05) is 54.6 Å². The van der Waals surface area contributed by atoms with Gasteiger partial charge in [-0.3, -0.25) is 9.48 Å². The lowest BCUT2D eigenvalue weighted by Crippen LogP contribution is -2.45. The summed E-state index contributed by atoms with van der Waals surface area (Å²) in [5, 5.41) is 9.85. The fourth-order valence-corrected chi connectivity index (χ4v) is 8.76. The van der Waals surface area contributed by atoms with Gasteiger partial charge in [0.25, 0.3) is 0 Å². The van der Waals surface area contributed by atoms with E-state index in [0.29, 0.717) is 41.9 Å². The standard InChI is InChI=1S/C41H46Cl2N6O3S/c1-53(51,52)47-25-19-39-37(29-47)41(45-49(39)22-3-20-46-23-17-36(18-24-46)48-21-2-4-40(48)50)34-13-16-38(43)33(26-34)12-9-30-5-7-31(8-6-30)27-44-28-32-10-14-35(42)15-11-32/h5-8,10-11,13-16,26,36,44H,2-4,17-25,27-29H2,1H3. The number of aromatic nitrogens is 2. The number of hydrogen-bond donors (Lipinski definition) is 1. The Morgan fingerprint density at radius 3 is 2.26 bits per heavy atom. The zero-order chi connectivity index (χ0) is 37.0. The molecule has 7 rings (SSSR count). The lowest BCUT2D eigenvalue weighted by molar-refractivity contribution is -0.130. The van der Waals surface area contributed by atoms with Gasteiger partial charge < -0.3 is 15.1 Å². The molecule has 53 heavy (non-hydrogen) atoms. The van der Waals surface area contributed by atoms with Crippen LogP contribution in [0.2, 0.25) is 10.0 Å². The molecule has 3 aliphatic rings. The summed E-state index contributed by atoms with van der Waals surface area (Å²) in [6.07, 6.45) is 6.57. The van der Waals surface area contributed by atoms with Crippen LogP contribution in [0.1, 0.15) is 65.6 Å². The second-order valence-electron chi connectivity index (χ2n) is 14.3. The molecular formula is C41H46Cl2N6O3S. The summed E-state index contributed by atoms with van der Waals surface area (Å²) in [4.78, 5) is 16.8. The first-order valence-corrected chi connectivity index (χ1v) is 21.1. The first-order valence-electron chi connectivity index (χ1n) is 18.5. The number of carbonyl (C=O) groups is 1. The largest absolute Gasteiger partial charge is 0.340 e. The van der Waals surface area contributed by atoms with Crippen LogP contribution in [0.15, 0.2) is 66.7 Å². The summed E-state index contributed by atoms with van der Waals surface area (Å²) in [7, 11) is -3.37. The third-order valence-electron chi connectivity index (χ3n) is 10.6. The Morgan fingerprint density at radius 1 is 0.868 bits per heavy atom. The zero-order valence-corrected chi connectivity index (χ0v) is 32.5. The average Bonchev–Trinajstić information content (AvgIpc) is 3.75. The predicted octanol–water partition coefficient (Wildman–Crippen LogP) is 6.34. The molecule has 1 N–H and O–H groups in total. The molecule has 3 aromatic carbocycles. The zero-order valence-electron chi connectivity index (χ0n) is 30.2. The summed E-state index contributed by atoms with van der Waals surface area (Å²) in [5.41, 5.74) is 7.59. The number of fused-ring (bicyclic) bond motifs is 1. The van der Waals surface area contributed by atoms with Crippen molar-refractivity contribution >= 4 is 39.1 Å². The number of hydrogen-bond acceptors (Lipinski definition) is 6. The van der Waals surface area contributed by atoms with Crippen LogP contribution in [0.5, 0.6) is 0 Å². The van der Waals surface area contributed by atoms with Gasteiger partial charge in [0.1, 0.15) is 0 Å². The van der Waals surface area contributed by atoms with E-state index in [-0.39, 0.29) is 6.54 Å². The molecule has 4 aromatic rings. The van der Waals surface area contributed by atoms with E-state index in [0.717, 1.165) is 110 Å². The fraction of sp³-hybridized carbons (Fsp3) is 0.415. The van der Waals surface area contributed by atoms with Crippen molar-refractivity contribution in [3.05, 3.63) is 110 Å². The molecule has 2 fully saturated rings. The number of piperidine rings is 1. The Labute approximate surface area is 323 Å². The molecule has 0 radical (unpaired) electrons. The molecule has 12 heteroatoms. The summed E-state index contributed by atoms with van der Waals surface area (Å²) >= 11 is 12.7. The van der Waals surface area contributed by atoms with E-state index < -0.39 is 10.0 Å². The van der Waals surface area contributed by atoms with Crippen LogP contribution in [0.25, 0.3) is 11.3 Å². The normalized spacial score (nSPS) is 17.2. The van der Waals surface area contributed by atoms with E-state index in [9.17, 15) is 13.2 Å². The average molecular weight is 774 g/mol. The number of sulfonamides is 1. The lowest BCUT2D eigenvalue weighted by Gasteiger charge is -2.36.